The molecule has 104 valence electrons. The first kappa shape index (κ1) is 14.6. The number of hydrogen-bond acceptors (Lipinski definition) is 2. The molecule has 0 fully saturated rings. The number of benzene rings is 2. The van der Waals surface area contributed by atoms with Crippen LogP contribution in [0.15, 0.2) is 42.5 Å². The number of alkyl halides is 1. The van der Waals surface area contributed by atoms with Gasteiger partial charge in [0.05, 0.1) is 7.11 Å². The lowest BCUT2D eigenvalue weighted by atomic mass is 10.1. The van der Waals surface area contributed by atoms with Crippen LogP contribution in [-0.2, 0) is 5.33 Å². The van der Waals surface area contributed by atoms with Crippen molar-refractivity contribution in [2.24, 2.45) is 0 Å². The van der Waals surface area contributed by atoms with E-state index in [0.29, 0.717) is 5.56 Å². The highest BCUT2D eigenvalue weighted by Crippen LogP contribution is 2.21. The maximum Gasteiger partial charge on any atom is 0.255 e. The Bertz CT molecular complexity index is 608. The van der Waals surface area contributed by atoms with Crippen LogP contribution in [0.4, 0.5) is 5.69 Å². The number of hydrogen-bond donors (Lipinski definition) is 1. The highest BCUT2D eigenvalue weighted by atomic mass is 79.9. The Morgan fingerprint density at radius 2 is 1.90 bits per heavy atom. The smallest absolute Gasteiger partial charge is 0.255 e. The van der Waals surface area contributed by atoms with Gasteiger partial charge in [0.25, 0.3) is 5.91 Å². The van der Waals surface area contributed by atoms with Crippen molar-refractivity contribution < 1.29 is 9.53 Å². The molecule has 2 rings (SSSR count). The van der Waals surface area contributed by atoms with Gasteiger partial charge in [0, 0.05) is 16.6 Å². The summed E-state index contributed by atoms with van der Waals surface area (Å²) in [4.78, 5) is 12.2. The lowest BCUT2D eigenvalue weighted by Crippen LogP contribution is -2.12. The van der Waals surface area contributed by atoms with E-state index in [0.717, 1.165) is 27.9 Å². The van der Waals surface area contributed by atoms with Crippen LogP contribution in [0, 0.1) is 6.92 Å². The van der Waals surface area contributed by atoms with Gasteiger partial charge in [-0.25, -0.2) is 0 Å². The maximum atomic E-state index is 12.2. The molecule has 0 saturated carbocycles. The number of carbonyl (C=O) groups is 1. The number of anilines is 1. The minimum Gasteiger partial charge on any atom is -0.497 e. The van der Waals surface area contributed by atoms with Gasteiger partial charge < -0.3 is 10.1 Å². The Balaban J connectivity index is 2.14. The number of aryl methyl sites for hydroxylation is 1. The van der Waals surface area contributed by atoms with E-state index in [1.807, 2.05) is 49.4 Å². The van der Waals surface area contributed by atoms with Crippen molar-refractivity contribution in [3.8, 4) is 5.75 Å². The highest BCUT2D eigenvalue weighted by molar-refractivity contribution is 9.08. The number of rotatable bonds is 4. The number of nitrogens with one attached hydrogen (secondary N) is 1. The number of halogens is 1. The van der Waals surface area contributed by atoms with E-state index in [4.69, 9.17) is 4.74 Å². The van der Waals surface area contributed by atoms with Crippen molar-refractivity contribution >= 4 is 27.5 Å². The molecule has 0 spiro atoms. The quantitative estimate of drug-likeness (QED) is 0.853. The minimum absolute atomic E-state index is 0.112. The SMILES string of the molecule is COc1ccc(NC(=O)c2ccc(CBr)cc2)c(C)c1. The molecule has 1 N–H and O–H groups in total. The van der Waals surface area contributed by atoms with Crippen molar-refractivity contribution in [2.45, 2.75) is 12.3 Å². The summed E-state index contributed by atoms with van der Waals surface area (Å²) in [5, 5.41) is 3.69. The first-order valence-corrected chi connectivity index (χ1v) is 7.37. The molecule has 0 bridgehead atoms. The molecule has 0 aliphatic carbocycles. The van der Waals surface area contributed by atoms with Crippen LogP contribution >= 0.6 is 15.9 Å². The fraction of sp³-hybridized carbons (Fsp3) is 0.188. The van der Waals surface area contributed by atoms with Crippen LogP contribution in [-0.4, -0.2) is 13.0 Å². The molecule has 1 amide bonds. The van der Waals surface area contributed by atoms with Gasteiger partial charge in [-0.3, -0.25) is 4.79 Å². The number of methoxy groups -OCH3 is 1. The summed E-state index contributed by atoms with van der Waals surface area (Å²) in [5.74, 6) is 0.668. The minimum atomic E-state index is -0.112. The van der Waals surface area contributed by atoms with Crippen LogP contribution in [0.3, 0.4) is 0 Å². The van der Waals surface area contributed by atoms with Gasteiger partial charge in [0.2, 0.25) is 0 Å². The van der Waals surface area contributed by atoms with Gasteiger partial charge in [-0.15, -0.1) is 0 Å². The molecule has 0 unspecified atom stereocenters. The van der Waals surface area contributed by atoms with Gasteiger partial charge in [0.1, 0.15) is 5.75 Å². The summed E-state index contributed by atoms with van der Waals surface area (Å²) in [6, 6.07) is 13.1. The fourth-order valence-corrected chi connectivity index (χ4v) is 2.22. The molecule has 0 aliphatic heterocycles. The Hall–Kier alpha value is -1.81. The Kier molecular flexibility index (Phi) is 4.79. The predicted molar refractivity (Wildman–Crippen MR) is 84.8 cm³/mol. The lowest BCUT2D eigenvalue weighted by molar-refractivity contribution is 0.102. The standard InChI is InChI=1S/C16H16BrNO2/c1-11-9-14(20-2)7-8-15(11)18-16(19)13-5-3-12(10-17)4-6-13/h3-9H,10H2,1-2H3,(H,18,19). The van der Waals surface area contributed by atoms with E-state index in [1.54, 1.807) is 7.11 Å². The molecule has 2 aromatic carbocycles. The Morgan fingerprint density at radius 1 is 1.20 bits per heavy atom. The molecule has 4 heteroatoms. The van der Waals surface area contributed by atoms with Crippen LogP contribution in [0.5, 0.6) is 5.75 Å². The number of carbonyl (C=O) groups excluding carboxylic acids is 1. The Morgan fingerprint density at radius 3 is 2.45 bits per heavy atom. The van der Waals surface area contributed by atoms with Crippen molar-refractivity contribution in [3.05, 3.63) is 59.2 Å². The largest absolute Gasteiger partial charge is 0.497 e. The Labute approximate surface area is 127 Å². The molecule has 20 heavy (non-hydrogen) atoms. The second-order valence-corrected chi connectivity index (χ2v) is 5.03. The van der Waals surface area contributed by atoms with Gasteiger partial charge >= 0.3 is 0 Å². The van der Waals surface area contributed by atoms with Crippen LogP contribution in [0.2, 0.25) is 0 Å². The van der Waals surface area contributed by atoms with Crippen LogP contribution in [0.1, 0.15) is 21.5 Å². The first-order valence-electron chi connectivity index (χ1n) is 6.25. The van der Waals surface area contributed by atoms with Gasteiger partial charge in [0.15, 0.2) is 0 Å². The lowest BCUT2D eigenvalue weighted by Gasteiger charge is -2.10. The summed E-state index contributed by atoms with van der Waals surface area (Å²) in [7, 11) is 1.62. The average molecular weight is 334 g/mol. The summed E-state index contributed by atoms with van der Waals surface area (Å²) in [5.41, 5.74) is 3.54. The van der Waals surface area contributed by atoms with Gasteiger partial charge in [-0.2, -0.15) is 0 Å². The topological polar surface area (TPSA) is 38.3 Å². The summed E-state index contributed by atoms with van der Waals surface area (Å²) in [6.45, 7) is 1.94. The molecular weight excluding hydrogens is 318 g/mol. The molecule has 0 radical (unpaired) electrons. The molecule has 3 nitrogen and oxygen atoms in total. The second kappa shape index (κ2) is 6.57. The van der Waals surface area contributed by atoms with Crippen molar-refractivity contribution in [1.29, 1.82) is 0 Å². The van der Waals surface area contributed by atoms with E-state index < -0.39 is 0 Å². The molecule has 0 saturated heterocycles. The van der Waals surface area contributed by atoms with Gasteiger partial charge in [-0.05, 0) is 48.4 Å². The van der Waals surface area contributed by atoms with Crippen molar-refractivity contribution in [2.75, 3.05) is 12.4 Å². The number of amides is 1. The summed E-state index contributed by atoms with van der Waals surface area (Å²) < 4.78 is 5.15. The zero-order valence-electron chi connectivity index (χ0n) is 11.4. The number of ether oxygens (including phenoxy) is 1. The third kappa shape index (κ3) is 3.39. The second-order valence-electron chi connectivity index (χ2n) is 4.47. The normalized spacial score (nSPS) is 10.2. The van der Waals surface area contributed by atoms with E-state index in [2.05, 4.69) is 21.2 Å². The average Bonchev–Trinajstić information content (AvgIpc) is 2.49. The zero-order valence-corrected chi connectivity index (χ0v) is 13.0. The summed E-state index contributed by atoms with van der Waals surface area (Å²) in [6.07, 6.45) is 0. The molecule has 0 heterocycles. The highest BCUT2D eigenvalue weighted by Gasteiger charge is 2.08. The zero-order chi connectivity index (χ0) is 14.5. The molecule has 0 aliphatic rings. The molecule has 2 aromatic rings. The molecular formula is C16H16BrNO2. The maximum absolute atomic E-state index is 12.2. The fourth-order valence-electron chi connectivity index (χ4n) is 1.84. The molecule has 0 aromatic heterocycles. The monoisotopic (exact) mass is 333 g/mol. The molecule has 0 atom stereocenters. The van der Waals surface area contributed by atoms with Crippen LogP contribution < -0.4 is 10.1 Å². The van der Waals surface area contributed by atoms with E-state index in [-0.39, 0.29) is 5.91 Å². The van der Waals surface area contributed by atoms with Crippen molar-refractivity contribution in [1.82, 2.24) is 0 Å². The first-order chi connectivity index (χ1) is 9.63. The predicted octanol–water partition coefficient (Wildman–Crippen LogP) is 4.15. The third-order valence-electron chi connectivity index (χ3n) is 3.05. The summed E-state index contributed by atoms with van der Waals surface area (Å²) >= 11 is 3.38. The third-order valence-corrected chi connectivity index (χ3v) is 3.70. The van der Waals surface area contributed by atoms with E-state index >= 15 is 0 Å². The van der Waals surface area contributed by atoms with Gasteiger partial charge in [-0.1, -0.05) is 28.1 Å². The van der Waals surface area contributed by atoms with Crippen molar-refractivity contribution in [3.63, 3.8) is 0 Å². The van der Waals surface area contributed by atoms with E-state index in [9.17, 15) is 4.79 Å². The van der Waals surface area contributed by atoms with Crippen LogP contribution in [0.25, 0.3) is 0 Å². The van der Waals surface area contributed by atoms with E-state index in [1.165, 1.54) is 0 Å².